The molecule has 1 heterocycles. The lowest BCUT2D eigenvalue weighted by Crippen LogP contribution is -2.00. The van der Waals surface area contributed by atoms with Crippen LogP contribution in [0.25, 0.3) is 0 Å². The van der Waals surface area contributed by atoms with Gasteiger partial charge in [-0.2, -0.15) is 0 Å². The number of hydrogen-bond donors (Lipinski definition) is 0. The maximum absolute atomic E-state index is 5.28. The zero-order chi connectivity index (χ0) is 8.93. The Balaban J connectivity index is 0.000000102. The summed E-state index contributed by atoms with van der Waals surface area (Å²) in [4.78, 5) is 0. The van der Waals surface area contributed by atoms with Gasteiger partial charge >= 0.3 is 0 Å². The molecular formula is C12H22O. The molecule has 3 aliphatic rings. The highest BCUT2D eigenvalue weighted by molar-refractivity contribution is 4.87. The summed E-state index contributed by atoms with van der Waals surface area (Å²) in [6.07, 6.45) is 15.9. The maximum Gasteiger partial charge on any atom is 0.0841 e. The summed E-state index contributed by atoms with van der Waals surface area (Å²) in [6.45, 7) is 0. The van der Waals surface area contributed by atoms with Gasteiger partial charge in [-0.25, -0.2) is 0 Å². The van der Waals surface area contributed by atoms with Crippen molar-refractivity contribution in [2.75, 3.05) is 0 Å². The van der Waals surface area contributed by atoms with Crippen molar-refractivity contribution < 1.29 is 4.74 Å². The van der Waals surface area contributed by atoms with Gasteiger partial charge in [-0.3, -0.25) is 0 Å². The summed E-state index contributed by atoms with van der Waals surface area (Å²) in [5, 5.41) is 0. The molecular weight excluding hydrogens is 160 g/mol. The van der Waals surface area contributed by atoms with Crippen molar-refractivity contribution in [3.63, 3.8) is 0 Å². The lowest BCUT2D eigenvalue weighted by molar-refractivity contribution is 0.373. The van der Waals surface area contributed by atoms with Crippen molar-refractivity contribution in [3.05, 3.63) is 0 Å². The Hall–Kier alpha value is -0.0400. The molecule has 2 atom stereocenters. The molecule has 0 N–H and O–H groups in total. The summed E-state index contributed by atoms with van der Waals surface area (Å²) in [6, 6.07) is 0. The van der Waals surface area contributed by atoms with Crippen molar-refractivity contribution in [2.24, 2.45) is 0 Å². The highest BCUT2D eigenvalue weighted by atomic mass is 16.6. The average molecular weight is 182 g/mol. The normalized spacial score (nSPS) is 36.9. The predicted octanol–water partition coefficient (Wildman–Crippen LogP) is 3.67. The fourth-order valence-corrected chi connectivity index (χ4v) is 2.44. The molecule has 3 rings (SSSR count). The summed E-state index contributed by atoms with van der Waals surface area (Å²) in [5.41, 5.74) is 0. The SMILES string of the molecule is C1CCC2OC2C1.C1CCCCC1. The molecule has 3 fully saturated rings. The minimum absolute atomic E-state index is 0.703. The standard InChI is InChI=1S/C6H10O.C6H12/c1-2-4-6-5(3-1)7-6;1-2-4-6-5-3-1/h5-6H,1-4H2;1-6H2. The maximum atomic E-state index is 5.28. The summed E-state index contributed by atoms with van der Waals surface area (Å²) >= 11 is 0. The number of fused-ring (bicyclic) bond motifs is 1. The largest absolute Gasteiger partial charge is 0.370 e. The van der Waals surface area contributed by atoms with Gasteiger partial charge in [-0.1, -0.05) is 51.4 Å². The molecule has 2 saturated carbocycles. The Bertz CT molecular complexity index is 119. The first-order valence-electron chi connectivity index (χ1n) is 6.12. The van der Waals surface area contributed by atoms with E-state index in [-0.39, 0.29) is 0 Å². The van der Waals surface area contributed by atoms with Crippen LogP contribution >= 0.6 is 0 Å². The van der Waals surface area contributed by atoms with Crippen LogP contribution in [0.2, 0.25) is 0 Å². The van der Waals surface area contributed by atoms with Gasteiger partial charge in [0.15, 0.2) is 0 Å². The molecule has 1 saturated heterocycles. The first kappa shape index (κ1) is 9.51. The van der Waals surface area contributed by atoms with Crippen LogP contribution < -0.4 is 0 Å². The molecule has 0 radical (unpaired) electrons. The second kappa shape index (κ2) is 4.99. The van der Waals surface area contributed by atoms with E-state index in [1.807, 2.05) is 0 Å². The molecule has 76 valence electrons. The fraction of sp³-hybridized carbons (Fsp3) is 1.00. The number of hydrogen-bond acceptors (Lipinski definition) is 1. The summed E-state index contributed by atoms with van der Waals surface area (Å²) < 4.78 is 5.28. The molecule has 0 aromatic heterocycles. The summed E-state index contributed by atoms with van der Waals surface area (Å²) in [5.74, 6) is 0. The van der Waals surface area contributed by atoms with E-state index in [9.17, 15) is 0 Å². The Morgan fingerprint density at radius 1 is 0.538 bits per heavy atom. The Morgan fingerprint density at radius 2 is 0.923 bits per heavy atom. The van der Waals surface area contributed by atoms with Crippen LogP contribution in [0, 0.1) is 0 Å². The minimum atomic E-state index is 0.703. The first-order chi connectivity index (χ1) is 6.47. The molecule has 1 aliphatic heterocycles. The van der Waals surface area contributed by atoms with Gasteiger partial charge in [0, 0.05) is 0 Å². The van der Waals surface area contributed by atoms with E-state index in [1.165, 1.54) is 64.2 Å². The molecule has 0 spiro atoms. The van der Waals surface area contributed by atoms with E-state index in [4.69, 9.17) is 4.74 Å². The van der Waals surface area contributed by atoms with Crippen LogP contribution in [-0.4, -0.2) is 12.2 Å². The second-order valence-electron chi connectivity index (χ2n) is 4.62. The van der Waals surface area contributed by atoms with E-state index in [0.29, 0.717) is 12.2 Å². The monoisotopic (exact) mass is 182 g/mol. The second-order valence-corrected chi connectivity index (χ2v) is 4.62. The van der Waals surface area contributed by atoms with Gasteiger partial charge in [0.2, 0.25) is 0 Å². The van der Waals surface area contributed by atoms with Gasteiger partial charge in [0.1, 0.15) is 0 Å². The van der Waals surface area contributed by atoms with Crippen LogP contribution in [-0.2, 0) is 4.74 Å². The van der Waals surface area contributed by atoms with Crippen molar-refractivity contribution in [1.82, 2.24) is 0 Å². The zero-order valence-electron chi connectivity index (χ0n) is 8.63. The molecule has 0 amide bonds. The highest BCUT2D eigenvalue weighted by Gasteiger charge is 2.39. The molecule has 2 unspecified atom stereocenters. The average Bonchev–Trinajstić information content (AvgIpc) is 3.00. The topological polar surface area (TPSA) is 12.5 Å². The fourth-order valence-electron chi connectivity index (χ4n) is 2.44. The van der Waals surface area contributed by atoms with E-state index in [0.717, 1.165) is 0 Å². The van der Waals surface area contributed by atoms with Crippen LogP contribution in [0.5, 0.6) is 0 Å². The van der Waals surface area contributed by atoms with Crippen LogP contribution in [0.3, 0.4) is 0 Å². The lowest BCUT2D eigenvalue weighted by Gasteiger charge is -2.05. The Morgan fingerprint density at radius 3 is 1.23 bits per heavy atom. The third-order valence-electron chi connectivity index (χ3n) is 3.41. The van der Waals surface area contributed by atoms with Gasteiger partial charge in [0.05, 0.1) is 12.2 Å². The smallest absolute Gasteiger partial charge is 0.0841 e. The Labute approximate surface area is 81.9 Å². The van der Waals surface area contributed by atoms with Gasteiger partial charge in [-0.15, -0.1) is 0 Å². The van der Waals surface area contributed by atoms with E-state index >= 15 is 0 Å². The number of ether oxygens (including phenoxy) is 1. The van der Waals surface area contributed by atoms with Crippen molar-refractivity contribution in [2.45, 2.75) is 76.4 Å². The Kier molecular flexibility index (Phi) is 3.65. The molecule has 1 nitrogen and oxygen atoms in total. The zero-order valence-corrected chi connectivity index (χ0v) is 8.63. The van der Waals surface area contributed by atoms with Crippen molar-refractivity contribution in [1.29, 1.82) is 0 Å². The van der Waals surface area contributed by atoms with Crippen LogP contribution in [0.4, 0.5) is 0 Å². The summed E-state index contributed by atoms with van der Waals surface area (Å²) in [7, 11) is 0. The highest BCUT2D eigenvalue weighted by Crippen LogP contribution is 2.35. The van der Waals surface area contributed by atoms with Crippen LogP contribution in [0.15, 0.2) is 0 Å². The van der Waals surface area contributed by atoms with Gasteiger partial charge < -0.3 is 4.74 Å². The predicted molar refractivity (Wildman–Crippen MR) is 54.8 cm³/mol. The van der Waals surface area contributed by atoms with Crippen LogP contribution in [0.1, 0.15) is 64.2 Å². The van der Waals surface area contributed by atoms with Crippen molar-refractivity contribution in [3.8, 4) is 0 Å². The van der Waals surface area contributed by atoms with Crippen molar-refractivity contribution >= 4 is 0 Å². The van der Waals surface area contributed by atoms with E-state index in [2.05, 4.69) is 0 Å². The molecule has 0 aromatic rings. The molecule has 13 heavy (non-hydrogen) atoms. The quantitative estimate of drug-likeness (QED) is 0.521. The van der Waals surface area contributed by atoms with E-state index < -0.39 is 0 Å². The number of epoxide rings is 1. The first-order valence-corrected chi connectivity index (χ1v) is 6.12. The van der Waals surface area contributed by atoms with Gasteiger partial charge in [-0.05, 0) is 12.8 Å². The molecule has 1 heteroatoms. The lowest BCUT2D eigenvalue weighted by atomic mass is 10.0. The number of rotatable bonds is 0. The third-order valence-corrected chi connectivity index (χ3v) is 3.41. The third kappa shape index (κ3) is 3.30. The minimum Gasteiger partial charge on any atom is -0.370 e. The molecule has 0 bridgehead atoms. The molecule has 0 aromatic carbocycles. The van der Waals surface area contributed by atoms with Gasteiger partial charge in [0.25, 0.3) is 0 Å². The molecule has 2 aliphatic carbocycles. The van der Waals surface area contributed by atoms with E-state index in [1.54, 1.807) is 0 Å².